The molecule has 0 bridgehead atoms. The van der Waals surface area contributed by atoms with Gasteiger partial charge in [-0.2, -0.15) is 8.42 Å². The molecule has 6 nitrogen and oxygen atoms in total. The summed E-state index contributed by atoms with van der Waals surface area (Å²) in [5.41, 5.74) is 0.685. The van der Waals surface area contributed by atoms with E-state index < -0.39 is 10.1 Å². The Balaban J connectivity index is 2.13. The highest BCUT2D eigenvalue weighted by Crippen LogP contribution is 2.19. The number of aromatic nitrogens is 1. The lowest BCUT2D eigenvalue weighted by Gasteiger charge is -2.07. The van der Waals surface area contributed by atoms with Crippen LogP contribution < -0.4 is 4.18 Å². The minimum absolute atomic E-state index is 0.101. The summed E-state index contributed by atoms with van der Waals surface area (Å²) in [7, 11) is -2.69. The zero-order valence-corrected chi connectivity index (χ0v) is 13.1. The van der Waals surface area contributed by atoms with Crippen molar-refractivity contribution in [1.82, 2.24) is 4.98 Å². The molecule has 8 heteroatoms. The first-order valence-electron chi connectivity index (χ1n) is 6.12. The average molecular weight is 342 g/mol. The van der Waals surface area contributed by atoms with Gasteiger partial charge in [0.05, 0.1) is 19.7 Å². The summed E-state index contributed by atoms with van der Waals surface area (Å²) in [4.78, 5) is 14.7. The van der Waals surface area contributed by atoms with Crippen LogP contribution in [-0.4, -0.2) is 26.5 Å². The number of ether oxygens (including phenoxy) is 1. The van der Waals surface area contributed by atoms with Gasteiger partial charge in [0.1, 0.15) is 15.8 Å². The number of pyridine rings is 1. The lowest BCUT2D eigenvalue weighted by molar-refractivity contribution is -0.139. The van der Waals surface area contributed by atoms with Crippen molar-refractivity contribution in [2.75, 3.05) is 7.11 Å². The Bertz CT molecular complexity index is 757. The SMILES string of the molecule is COC(=O)Cc1ccc(OS(=O)(=O)c2ccc(Cl)nc2)cc1. The van der Waals surface area contributed by atoms with Crippen LogP contribution >= 0.6 is 11.6 Å². The molecule has 0 radical (unpaired) electrons. The summed E-state index contributed by atoms with van der Waals surface area (Å²) in [5.74, 6) is -0.253. The van der Waals surface area contributed by atoms with Crippen LogP contribution in [0.3, 0.4) is 0 Å². The van der Waals surface area contributed by atoms with Crippen LogP contribution in [0.2, 0.25) is 5.15 Å². The predicted molar refractivity (Wildman–Crippen MR) is 79.2 cm³/mol. The van der Waals surface area contributed by atoms with E-state index in [9.17, 15) is 13.2 Å². The van der Waals surface area contributed by atoms with E-state index in [0.717, 1.165) is 6.20 Å². The second-order valence-electron chi connectivity index (χ2n) is 4.25. The molecule has 2 aromatic rings. The molecule has 2 rings (SSSR count). The van der Waals surface area contributed by atoms with Crippen molar-refractivity contribution in [3.05, 3.63) is 53.3 Å². The maximum atomic E-state index is 12.0. The molecule has 22 heavy (non-hydrogen) atoms. The van der Waals surface area contributed by atoms with Crippen molar-refractivity contribution < 1.29 is 22.1 Å². The maximum absolute atomic E-state index is 12.0. The van der Waals surface area contributed by atoms with Gasteiger partial charge in [-0.05, 0) is 29.8 Å². The topological polar surface area (TPSA) is 82.6 Å². The Hall–Kier alpha value is -2.12. The van der Waals surface area contributed by atoms with Crippen LogP contribution in [0.25, 0.3) is 0 Å². The number of hydrogen-bond acceptors (Lipinski definition) is 6. The van der Waals surface area contributed by atoms with Crippen LogP contribution in [0.5, 0.6) is 5.75 Å². The van der Waals surface area contributed by atoms with Crippen LogP contribution in [0.1, 0.15) is 5.56 Å². The summed E-state index contributed by atoms with van der Waals surface area (Å²) in [6.07, 6.45) is 1.22. The van der Waals surface area contributed by atoms with E-state index >= 15 is 0 Å². The van der Waals surface area contributed by atoms with Gasteiger partial charge >= 0.3 is 16.1 Å². The summed E-state index contributed by atoms with van der Waals surface area (Å²) >= 11 is 5.61. The van der Waals surface area contributed by atoms with E-state index in [0.29, 0.717) is 5.56 Å². The highest BCUT2D eigenvalue weighted by atomic mass is 35.5. The molecule has 0 spiro atoms. The molecule has 0 amide bonds. The number of halogens is 1. The minimum Gasteiger partial charge on any atom is -0.469 e. The Kier molecular flexibility index (Phi) is 4.99. The Labute approximate surface area is 132 Å². The lowest BCUT2D eigenvalue weighted by atomic mass is 10.1. The zero-order valence-electron chi connectivity index (χ0n) is 11.5. The summed E-state index contributed by atoms with van der Waals surface area (Å²) in [6, 6.07) is 8.75. The van der Waals surface area contributed by atoms with Crippen molar-refractivity contribution in [3.8, 4) is 5.75 Å². The molecule has 0 N–H and O–H groups in total. The molecule has 0 aliphatic carbocycles. The van der Waals surface area contributed by atoms with Gasteiger partial charge in [-0.3, -0.25) is 4.79 Å². The third-order valence-electron chi connectivity index (χ3n) is 2.69. The number of benzene rings is 1. The van der Waals surface area contributed by atoms with E-state index in [1.165, 1.54) is 31.4 Å². The largest absolute Gasteiger partial charge is 0.469 e. The smallest absolute Gasteiger partial charge is 0.340 e. The van der Waals surface area contributed by atoms with Crippen LogP contribution in [0.4, 0.5) is 0 Å². The molecular weight excluding hydrogens is 330 g/mol. The minimum atomic E-state index is -3.98. The van der Waals surface area contributed by atoms with E-state index in [-0.39, 0.29) is 28.2 Å². The van der Waals surface area contributed by atoms with Crippen LogP contribution in [0, 0.1) is 0 Å². The lowest BCUT2D eigenvalue weighted by Crippen LogP contribution is -2.10. The molecule has 0 saturated heterocycles. The second-order valence-corrected chi connectivity index (χ2v) is 6.18. The Morgan fingerprint density at radius 3 is 2.41 bits per heavy atom. The van der Waals surface area contributed by atoms with Crippen LogP contribution in [0.15, 0.2) is 47.5 Å². The monoisotopic (exact) mass is 341 g/mol. The number of rotatable bonds is 5. The van der Waals surface area contributed by atoms with Gasteiger partial charge in [0, 0.05) is 0 Å². The molecule has 0 fully saturated rings. The first kappa shape index (κ1) is 16.3. The number of hydrogen-bond donors (Lipinski definition) is 0. The highest BCUT2D eigenvalue weighted by Gasteiger charge is 2.17. The zero-order chi connectivity index (χ0) is 16.2. The van der Waals surface area contributed by atoms with Gasteiger partial charge in [0.15, 0.2) is 0 Å². The van der Waals surface area contributed by atoms with Gasteiger partial charge in [-0.25, -0.2) is 4.98 Å². The molecule has 0 aliphatic heterocycles. The summed E-state index contributed by atoms with van der Waals surface area (Å²) in [6.45, 7) is 0. The number of methoxy groups -OCH3 is 1. The third kappa shape index (κ3) is 4.19. The van der Waals surface area contributed by atoms with E-state index in [1.807, 2.05) is 0 Å². The number of esters is 1. The van der Waals surface area contributed by atoms with Crippen LogP contribution in [-0.2, 0) is 26.1 Å². The number of carbonyl (C=O) groups is 1. The standard InChI is InChI=1S/C14H12ClNO5S/c1-20-14(17)8-10-2-4-11(5-3-10)21-22(18,19)12-6-7-13(15)16-9-12/h2-7,9H,8H2,1H3. The molecule has 0 aliphatic rings. The molecule has 1 aromatic heterocycles. The molecule has 0 saturated carbocycles. The Morgan fingerprint density at radius 2 is 1.86 bits per heavy atom. The van der Waals surface area contributed by atoms with Gasteiger partial charge in [0.2, 0.25) is 0 Å². The normalized spacial score (nSPS) is 11.0. The predicted octanol–water partition coefficient (Wildman–Crippen LogP) is 2.22. The quantitative estimate of drug-likeness (QED) is 0.471. The fraction of sp³-hybridized carbons (Fsp3) is 0.143. The summed E-state index contributed by atoms with van der Waals surface area (Å²) < 4.78 is 33.6. The van der Waals surface area contributed by atoms with E-state index in [4.69, 9.17) is 15.8 Å². The van der Waals surface area contributed by atoms with Gasteiger partial charge in [-0.1, -0.05) is 23.7 Å². The first-order valence-corrected chi connectivity index (χ1v) is 7.91. The molecule has 1 aromatic carbocycles. The second kappa shape index (κ2) is 6.76. The van der Waals surface area contributed by atoms with Crippen molar-refractivity contribution >= 4 is 27.7 Å². The molecule has 0 unspecified atom stereocenters. The maximum Gasteiger partial charge on any atom is 0.340 e. The summed E-state index contributed by atoms with van der Waals surface area (Å²) in [5, 5.41) is 0.186. The fourth-order valence-electron chi connectivity index (χ4n) is 1.59. The average Bonchev–Trinajstić information content (AvgIpc) is 2.49. The van der Waals surface area contributed by atoms with Crippen molar-refractivity contribution in [2.45, 2.75) is 11.3 Å². The molecule has 0 atom stereocenters. The molecular formula is C14H12ClNO5S. The van der Waals surface area contributed by atoms with Gasteiger partial charge in [0.25, 0.3) is 0 Å². The van der Waals surface area contributed by atoms with Crippen molar-refractivity contribution in [2.24, 2.45) is 0 Å². The third-order valence-corrected chi connectivity index (χ3v) is 4.15. The first-order chi connectivity index (χ1) is 10.4. The fourth-order valence-corrected chi connectivity index (χ4v) is 2.58. The number of nitrogens with zero attached hydrogens (tertiary/aromatic N) is 1. The van der Waals surface area contributed by atoms with Gasteiger partial charge < -0.3 is 8.92 Å². The highest BCUT2D eigenvalue weighted by molar-refractivity contribution is 7.87. The number of carbonyl (C=O) groups excluding carboxylic acids is 1. The van der Waals surface area contributed by atoms with E-state index in [1.54, 1.807) is 12.1 Å². The molecule has 1 heterocycles. The van der Waals surface area contributed by atoms with Gasteiger partial charge in [-0.15, -0.1) is 0 Å². The Morgan fingerprint density at radius 1 is 1.18 bits per heavy atom. The van der Waals surface area contributed by atoms with E-state index in [2.05, 4.69) is 9.72 Å². The van der Waals surface area contributed by atoms with Crippen molar-refractivity contribution in [3.63, 3.8) is 0 Å². The van der Waals surface area contributed by atoms with Crippen molar-refractivity contribution in [1.29, 1.82) is 0 Å². The molecule has 116 valence electrons.